The van der Waals surface area contributed by atoms with Gasteiger partial charge in [-0.2, -0.15) is 0 Å². The van der Waals surface area contributed by atoms with Crippen LogP contribution in [0.2, 0.25) is 0 Å². The lowest BCUT2D eigenvalue weighted by atomic mass is 10.0. The number of unbranched alkanes of at least 4 members (excludes halogenated alkanes) is 22. The summed E-state index contributed by atoms with van der Waals surface area (Å²) < 4.78 is 2.22. The van der Waals surface area contributed by atoms with Crippen LogP contribution in [0.25, 0.3) is 0 Å². The maximum atomic E-state index is 2.42. The van der Waals surface area contributed by atoms with Crippen molar-refractivity contribution >= 4 is 0 Å². The van der Waals surface area contributed by atoms with Gasteiger partial charge in [0, 0.05) is 11.1 Å². The van der Waals surface area contributed by atoms with Gasteiger partial charge in [0.25, 0.3) is 0 Å². The van der Waals surface area contributed by atoms with Crippen molar-refractivity contribution in [2.75, 3.05) is 41.3 Å². The summed E-state index contributed by atoms with van der Waals surface area (Å²) in [5, 5.41) is 0. The highest BCUT2D eigenvalue weighted by Crippen LogP contribution is 2.18. The fraction of sp³-hybridized carbons (Fsp3) is 0.850. The van der Waals surface area contributed by atoms with Gasteiger partial charge in [-0.25, -0.2) is 0 Å². The molecule has 1 aromatic carbocycles. The van der Waals surface area contributed by atoms with Crippen molar-refractivity contribution in [1.29, 1.82) is 0 Å². The van der Waals surface area contributed by atoms with Gasteiger partial charge in [-0.05, 0) is 25.7 Å². The van der Waals surface area contributed by atoms with Gasteiger partial charge in [0.05, 0.1) is 41.3 Å². The Morgan fingerprint density at radius 2 is 0.548 bits per heavy atom. The van der Waals surface area contributed by atoms with Gasteiger partial charge >= 0.3 is 0 Å². The number of quaternary nitrogens is 2. The van der Waals surface area contributed by atoms with Crippen molar-refractivity contribution in [3.63, 3.8) is 0 Å². The molecule has 0 aliphatic heterocycles. The molecule has 0 N–H and O–H groups in total. The molecule has 2 heteroatoms. The molecule has 0 aliphatic rings. The number of rotatable bonds is 30. The van der Waals surface area contributed by atoms with Gasteiger partial charge in [0.2, 0.25) is 0 Å². The van der Waals surface area contributed by atoms with Gasteiger partial charge in [0.1, 0.15) is 13.1 Å². The van der Waals surface area contributed by atoms with Crippen molar-refractivity contribution in [2.45, 2.75) is 181 Å². The van der Waals surface area contributed by atoms with E-state index in [0.29, 0.717) is 0 Å². The van der Waals surface area contributed by atoms with Crippen LogP contribution in [0.4, 0.5) is 0 Å². The third kappa shape index (κ3) is 23.6. The molecule has 246 valence electrons. The molecular formula is C40H78N2+2. The quantitative estimate of drug-likeness (QED) is 0.0621. The first-order valence-corrected chi connectivity index (χ1v) is 19.0. The highest BCUT2D eigenvalue weighted by atomic mass is 15.3. The molecule has 1 aromatic rings. The molecule has 0 amide bonds. The Bertz CT molecular complexity index is 644. The first-order chi connectivity index (χ1) is 20.3. The van der Waals surface area contributed by atoms with Crippen molar-refractivity contribution in [2.24, 2.45) is 0 Å². The molecule has 42 heavy (non-hydrogen) atoms. The van der Waals surface area contributed by atoms with Crippen LogP contribution in [0.1, 0.15) is 179 Å². The standard InChI is InChI=1S/C40H78N2/c1-7-9-11-13-15-17-19-21-23-25-27-29-35-41(3,4)37-39-31-33-40(34-32-39)38-42(5,6)36-30-28-26-24-22-20-18-16-14-12-10-8-2/h31-34H,7-30,35-38H2,1-6H3/q+2. The largest absolute Gasteiger partial charge is 0.325 e. The van der Waals surface area contributed by atoms with Gasteiger partial charge < -0.3 is 8.97 Å². The Morgan fingerprint density at radius 1 is 0.333 bits per heavy atom. The number of hydrogen-bond acceptors (Lipinski definition) is 0. The topological polar surface area (TPSA) is 0 Å². The van der Waals surface area contributed by atoms with E-state index in [9.17, 15) is 0 Å². The second-order valence-corrected chi connectivity index (χ2v) is 15.2. The molecule has 0 aliphatic carbocycles. The molecule has 0 bridgehead atoms. The van der Waals surface area contributed by atoms with Crippen molar-refractivity contribution in [3.8, 4) is 0 Å². The zero-order valence-corrected chi connectivity index (χ0v) is 30.0. The summed E-state index contributed by atoms with van der Waals surface area (Å²) >= 11 is 0. The van der Waals surface area contributed by atoms with Crippen LogP contribution >= 0.6 is 0 Å². The van der Waals surface area contributed by atoms with E-state index in [-0.39, 0.29) is 0 Å². The summed E-state index contributed by atoms with van der Waals surface area (Å²) in [6, 6.07) is 9.62. The maximum Gasteiger partial charge on any atom is 0.104 e. The second-order valence-electron chi connectivity index (χ2n) is 15.2. The zero-order valence-electron chi connectivity index (χ0n) is 30.0. The fourth-order valence-electron chi connectivity index (χ4n) is 6.66. The first-order valence-electron chi connectivity index (χ1n) is 19.0. The van der Waals surface area contributed by atoms with Crippen LogP contribution in [0.15, 0.2) is 24.3 Å². The highest BCUT2D eigenvalue weighted by Gasteiger charge is 2.18. The predicted octanol–water partition coefficient (Wildman–Crippen LogP) is 12.2. The molecule has 0 atom stereocenters. The molecule has 0 aromatic heterocycles. The number of benzene rings is 1. The van der Waals surface area contributed by atoms with Crippen LogP contribution < -0.4 is 0 Å². The van der Waals surface area contributed by atoms with Crippen LogP contribution in [-0.4, -0.2) is 50.2 Å². The Labute approximate surface area is 266 Å². The highest BCUT2D eigenvalue weighted by molar-refractivity contribution is 5.21. The van der Waals surface area contributed by atoms with Crippen molar-refractivity contribution in [3.05, 3.63) is 35.4 Å². The average Bonchev–Trinajstić information content (AvgIpc) is 2.95. The Balaban J connectivity index is 2.12. The van der Waals surface area contributed by atoms with Crippen molar-refractivity contribution < 1.29 is 8.97 Å². The van der Waals surface area contributed by atoms with Crippen molar-refractivity contribution in [1.82, 2.24) is 0 Å². The lowest BCUT2D eigenvalue weighted by Gasteiger charge is -2.31. The summed E-state index contributed by atoms with van der Waals surface area (Å²) in [6.45, 7) is 9.49. The van der Waals surface area contributed by atoms with E-state index in [1.807, 2.05) is 0 Å². The monoisotopic (exact) mass is 587 g/mol. The van der Waals surface area contributed by atoms with Gasteiger partial charge in [-0.15, -0.1) is 0 Å². The first kappa shape index (κ1) is 39.2. The molecule has 0 spiro atoms. The molecule has 0 saturated carbocycles. The Hall–Kier alpha value is -0.860. The number of nitrogens with zero attached hydrogens (tertiary/aromatic N) is 2. The fourth-order valence-corrected chi connectivity index (χ4v) is 6.66. The SMILES string of the molecule is CCCCCCCCCCCCCC[N+](C)(C)Cc1ccc(C[N+](C)(C)CCCCCCCCCCCCCC)cc1. The summed E-state index contributed by atoms with van der Waals surface area (Å²) in [6.07, 6.45) is 34.3. The molecule has 0 unspecified atom stereocenters. The minimum Gasteiger partial charge on any atom is -0.325 e. The zero-order chi connectivity index (χ0) is 30.8. The van der Waals surface area contributed by atoms with Gasteiger partial charge in [-0.3, -0.25) is 0 Å². The lowest BCUT2D eigenvalue weighted by molar-refractivity contribution is -0.904. The van der Waals surface area contributed by atoms with E-state index in [1.54, 1.807) is 0 Å². The smallest absolute Gasteiger partial charge is 0.104 e. The molecule has 0 fully saturated rings. The summed E-state index contributed by atoms with van der Waals surface area (Å²) in [4.78, 5) is 0. The van der Waals surface area contributed by atoms with E-state index >= 15 is 0 Å². The normalized spacial score (nSPS) is 12.3. The van der Waals surface area contributed by atoms with E-state index in [4.69, 9.17) is 0 Å². The van der Waals surface area contributed by atoms with Crippen LogP contribution in [0, 0.1) is 0 Å². The second kappa shape index (κ2) is 25.5. The third-order valence-corrected chi connectivity index (χ3v) is 9.48. The van der Waals surface area contributed by atoms with Crippen LogP contribution in [0.3, 0.4) is 0 Å². The Morgan fingerprint density at radius 3 is 0.786 bits per heavy atom. The predicted molar refractivity (Wildman–Crippen MR) is 190 cm³/mol. The van der Waals surface area contributed by atoms with E-state index in [2.05, 4.69) is 66.3 Å². The van der Waals surface area contributed by atoms with E-state index in [1.165, 1.54) is 178 Å². The van der Waals surface area contributed by atoms with E-state index in [0.717, 1.165) is 22.1 Å². The summed E-state index contributed by atoms with van der Waals surface area (Å²) in [5.74, 6) is 0. The molecular weight excluding hydrogens is 508 g/mol. The molecule has 0 radical (unpaired) electrons. The summed E-state index contributed by atoms with van der Waals surface area (Å²) in [5.41, 5.74) is 2.99. The van der Waals surface area contributed by atoms with Crippen LogP contribution in [-0.2, 0) is 13.1 Å². The maximum absolute atomic E-state index is 2.42. The molecule has 1 rings (SSSR count). The van der Waals surface area contributed by atoms with E-state index < -0.39 is 0 Å². The minimum atomic E-state index is 1.11. The third-order valence-electron chi connectivity index (χ3n) is 9.48. The molecule has 2 nitrogen and oxygen atoms in total. The van der Waals surface area contributed by atoms with Gasteiger partial charge in [0.15, 0.2) is 0 Å². The minimum absolute atomic E-state index is 1.11. The Kier molecular flexibility index (Phi) is 23.7. The lowest BCUT2D eigenvalue weighted by Crippen LogP contribution is -2.40. The van der Waals surface area contributed by atoms with Crippen LogP contribution in [0.5, 0.6) is 0 Å². The molecule has 0 heterocycles. The summed E-state index contributed by atoms with van der Waals surface area (Å²) in [7, 11) is 9.67. The molecule has 0 saturated heterocycles. The van der Waals surface area contributed by atoms with Gasteiger partial charge in [-0.1, -0.05) is 167 Å². The average molecular weight is 587 g/mol. The number of hydrogen-bond donors (Lipinski definition) is 0.